The van der Waals surface area contributed by atoms with Gasteiger partial charge in [0, 0.05) is 24.2 Å². The Morgan fingerprint density at radius 1 is 1.15 bits per heavy atom. The maximum absolute atomic E-state index is 5.35. The predicted octanol–water partition coefficient (Wildman–Crippen LogP) is 3.55. The van der Waals surface area contributed by atoms with Crippen LogP contribution in [0.3, 0.4) is 0 Å². The minimum Gasteiger partial charge on any atom is -0.493 e. The van der Waals surface area contributed by atoms with Gasteiger partial charge in [0.25, 0.3) is 0 Å². The third-order valence-electron chi connectivity index (χ3n) is 3.99. The smallest absolute Gasteiger partial charge is 0.191 e. The second-order valence-corrected chi connectivity index (χ2v) is 7.09. The first-order valence-corrected chi connectivity index (χ1v) is 10.2. The lowest BCUT2D eigenvalue weighted by Gasteiger charge is -2.12. The summed E-state index contributed by atoms with van der Waals surface area (Å²) in [6.07, 6.45) is 3.24. The first kappa shape index (κ1) is 21.0. The van der Waals surface area contributed by atoms with Crippen LogP contribution in [0.25, 0.3) is 0 Å². The number of methoxy groups -OCH3 is 2. The molecule has 0 aliphatic rings. The van der Waals surface area contributed by atoms with Crippen molar-refractivity contribution >= 4 is 17.3 Å². The number of benzene rings is 1. The molecule has 2 N–H and O–H groups in total. The van der Waals surface area contributed by atoms with E-state index in [0.29, 0.717) is 6.54 Å². The van der Waals surface area contributed by atoms with Crippen LogP contribution in [0, 0.1) is 6.92 Å². The molecule has 0 atom stereocenters. The first-order chi connectivity index (χ1) is 13.2. The molecule has 27 heavy (non-hydrogen) atoms. The molecule has 0 spiro atoms. The lowest BCUT2D eigenvalue weighted by atomic mass is 10.2. The number of nitrogens with zero attached hydrogens (tertiary/aromatic N) is 2. The van der Waals surface area contributed by atoms with Crippen molar-refractivity contribution in [1.82, 2.24) is 15.6 Å². The highest BCUT2D eigenvalue weighted by Gasteiger charge is 2.05. The van der Waals surface area contributed by atoms with E-state index in [1.54, 1.807) is 25.6 Å². The van der Waals surface area contributed by atoms with Crippen LogP contribution in [0.15, 0.2) is 28.6 Å². The minimum absolute atomic E-state index is 0.577. The maximum Gasteiger partial charge on any atom is 0.191 e. The summed E-state index contributed by atoms with van der Waals surface area (Å²) in [5.74, 6) is 2.28. The van der Waals surface area contributed by atoms with E-state index >= 15 is 0 Å². The Kier molecular flexibility index (Phi) is 8.91. The molecule has 148 valence electrons. The molecule has 0 saturated carbocycles. The van der Waals surface area contributed by atoms with Crippen LogP contribution in [-0.2, 0) is 13.0 Å². The number of aryl methyl sites for hydroxylation is 2. The lowest BCUT2D eigenvalue weighted by molar-refractivity contribution is 0.354. The lowest BCUT2D eigenvalue weighted by Crippen LogP contribution is -2.37. The van der Waals surface area contributed by atoms with Crippen molar-refractivity contribution in [2.75, 3.05) is 27.3 Å². The monoisotopic (exact) mass is 390 g/mol. The van der Waals surface area contributed by atoms with Gasteiger partial charge < -0.3 is 20.1 Å². The highest BCUT2D eigenvalue weighted by Crippen LogP contribution is 2.27. The van der Waals surface area contributed by atoms with Gasteiger partial charge in [0.2, 0.25) is 0 Å². The molecular formula is C20H30N4O2S. The van der Waals surface area contributed by atoms with Crippen molar-refractivity contribution in [2.45, 2.75) is 39.7 Å². The van der Waals surface area contributed by atoms with Crippen molar-refractivity contribution in [3.8, 4) is 11.5 Å². The van der Waals surface area contributed by atoms with Crippen LogP contribution >= 0.6 is 11.3 Å². The van der Waals surface area contributed by atoms with E-state index in [9.17, 15) is 0 Å². The molecule has 7 heteroatoms. The Labute approximate surface area is 166 Å². The summed E-state index contributed by atoms with van der Waals surface area (Å²) in [4.78, 5) is 9.17. The van der Waals surface area contributed by atoms with E-state index in [2.05, 4.69) is 32.9 Å². The molecule has 0 unspecified atom stereocenters. The summed E-state index contributed by atoms with van der Waals surface area (Å²) < 4.78 is 10.6. The second-order valence-electron chi connectivity index (χ2n) is 6.15. The molecule has 0 saturated heterocycles. The second kappa shape index (κ2) is 11.4. The third kappa shape index (κ3) is 7.09. The van der Waals surface area contributed by atoms with Crippen molar-refractivity contribution in [1.29, 1.82) is 0 Å². The van der Waals surface area contributed by atoms with E-state index in [1.807, 2.05) is 25.1 Å². The Balaban J connectivity index is 1.81. The number of ether oxygens (including phenoxy) is 2. The average molecular weight is 391 g/mol. The van der Waals surface area contributed by atoms with Gasteiger partial charge >= 0.3 is 0 Å². The Bertz CT molecular complexity index is 731. The van der Waals surface area contributed by atoms with Crippen LogP contribution in [0.4, 0.5) is 0 Å². The zero-order chi connectivity index (χ0) is 19.5. The van der Waals surface area contributed by atoms with Gasteiger partial charge in [-0.25, -0.2) is 9.98 Å². The van der Waals surface area contributed by atoms with Crippen LogP contribution < -0.4 is 20.1 Å². The number of thiazole rings is 1. The number of rotatable bonds is 10. The van der Waals surface area contributed by atoms with Gasteiger partial charge in [0.15, 0.2) is 17.5 Å². The van der Waals surface area contributed by atoms with Crippen molar-refractivity contribution in [3.05, 3.63) is 39.8 Å². The Morgan fingerprint density at radius 3 is 2.63 bits per heavy atom. The molecule has 0 aliphatic carbocycles. The SMILES string of the molecule is CCNC(=NCc1ccc(OC)c(OC)c1)NCCCCc1nc(C)cs1. The standard InChI is InChI=1S/C20H30N4O2S/c1-5-21-20(22-11-7-6-8-19-24-15(2)14-27-19)23-13-16-9-10-17(25-3)18(12-16)26-4/h9-10,12,14H,5-8,11,13H2,1-4H3,(H2,21,22,23). The minimum atomic E-state index is 0.577. The molecule has 2 rings (SSSR count). The topological polar surface area (TPSA) is 67.8 Å². The van der Waals surface area contributed by atoms with Gasteiger partial charge in [-0.2, -0.15) is 0 Å². The molecule has 0 fully saturated rings. The van der Waals surface area contributed by atoms with E-state index < -0.39 is 0 Å². The third-order valence-corrected chi connectivity index (χ3v) is 5.01. The number of guanidine groups is 1. The van der Waals surface area contributed by atoms with Crippen LogP contribution in [-0.4, -0.2) is 38.3 Å². The summed E-state index contributed by atoms with van der Waals surface area (Å²) in [6, 6.07) is 5.87. The maximum atomic E-state index is 5.35. The number of aliphatic imine (C=N–C) groups is 1. The molecule has 1 heterocycles. The fourth-order valence-corrected chi connectivity index (χ4v) is 3.43. The van der Waals surface area contributed by atoms with Gasteiger partial charge in [-0.1, -0.05) is 6.07 Å². The molecule has 2 aromatic rings. The predicted molar refractivity (Wildman–Crippen MR) is 112 cm³/mol. The van der Waals surface area contributed by atoms with Crippen molar-refractivity contribution in [2.24, 2.45) is 4.99 Å². The van der Waals surface area contributed by atoms with Crippen LogP contribution in [0.2, 0.25) is 0 Å². The molecule has 0 radical (unpaired) electrons. The number of unbranched alkanes of at least 4 members (excludes halogenated alkanes) is 1. The van der Waals surface area contributed by atoms with Gasteiger partial charge in [-0.05, 0) is 50.8 Å². The number of hydrogen-bond donors (Lipinski definition) is 2. The molecule has 0 aliphatic heterocycles. The zero-order valence-electron chi connectivity index (χ0n) is 16.7. The number of aromatic nitrogens is 1. The van der Waals surface area contributed by atoms with Crippen molar-refractivity contribution in [3.63, 3.8) is 0 Å². The van der Waals surface area contributed by atoms with E-state index in [4.69, 9.17) is 9.47 Å². The summed E-state index contributed by atoms with van der Waals surface area (Å²) in [5.41, 5.74) is 2.19. The Hall–Kier alpha value is -2.28. The highest BCUT2D eigenvalue weighted by molar-refractivity contribution is 7.09. The fourth-order valence-electron chi connectivity index (χ4n) is 2.62. The number of hydrogen-bond acceptors (Lipinski definition) is 5. The van der Waals surface area contributed by atoms with Gasteiger partial charge in [0.1, 0.15) is 0 Å². The van der Waals surface area contributed by atoms with Crippen LogP contribution in [0.5, 0.6) is 11.5 Å². The first-order valence-electron chi connectivity index (χ1n) is 9.30. The zero-order valence-corrected chi connectivity index (χ0v) is 17.5. The normalized spacial score (nSPS) is 11.3. The van der Waals surface area contributed by atoms with E-state index in [0.717, 1.165) is 61.1 Å². The highest BCUT2D eigenvalue weighted by atomic mass is 32.1. The summed E-state index contributed by atoms with van der Waals surface area (Å²) in [5, 5.41) is 10.0. The van der Waals surface area contributed by atoms with E-state index in [1.165, 1.54) is 5.01 Å². The largest absolute Gasteiger partial charge is 0.493 e. The molecule has 0 bridgehead atoms. The molecule has 0 amide bonds. The van der Waals surface area contributed by atoms with Gasteiger partial charge in [0.05, 0.1) is 25.8 Å². The molecule has 1 aromatic carbocycles. The van der Waals surface area contributed by atoms with E-state index in [-0.39, 0.29) is 0 Å². The summed E-state index contributed by atoms with van der Waals surface area (Å²) >= 11 is 1.75. The summed E-state index contributed by atoms with van der Waals surface area (Å²) in [6.45, 7) is 6.41. The number of nitrogens with one attached hydrogen (secondary N) is 2. The molecule has 1 aromatic heterocycles. The quantitative estimate of drug-likeness (QED) is 0.369. The fraction of sp³-hybridized carbons (Fsp3) is 0.500. The van der Waals surface area contributed by atoms with Crippen molar-refractivity contribution < 1.29 is 9.47 Å². The average Bonchev–Trinajstić information content (AvgIpc) is 3.10. The van der Waals surface area contributed by atoms with Gasteiger partial charge in [-0.15, -0.1) is 11.3 Å². The molecule has 6 nitrogen and oxygen atoms in total. The van der Waals surface area contributed by atoms with Gasteiger partial charge in [-0.3, -0.25) is 0 Å². The molecular weight excluding hydrogens is 360 g/mol. The summed E-state index contributed by atoms with van der Waals surface area (Å²) in [7, 11) is 3.28. The Morgan fingerprint density at radius 2 is 1.96 bits per heavy atom. The van der Waals surface area contributed by atoms with Crippen LogP contribution in [0.1, 0.15) is 36.0 Å².